The summed E-state index contributed by atoms with van der Waals surface area (Å²) in [7, 11) is 0. The molecule has 0 radical (unpaired) electrons. The lowest BCUT2D eigenvalue weighted by molar-refractivity contribution is 0.194. The molecule has 8 aromatic rings. The van der Waals surface area contributed by atoms with Crippen molar-refractivity contribution in [3.63, 3.8) is 0 Å². The average molecular weight is 555 g/mol. The molecule has 3 nitrogen and oxygen atoms in total. The van der Waals surface area contributed by atoms with Crippen molar-refractivity contribution in [2.45, 2.75) is 12.3 Å². The van der Waals surface area contributed by atoms with Crippen LogP contribution in [0.1, 0.15) is 17.9 Å². The summed E-state index contributed by atoms with van der Waals surface area (Å²) in [6, 6.07) is 51.1. The molecule has 1 fully saturated rings. The van der Waals surface area contributed by atoms with E-state index in [1.807, 2.05) is 0 Å². The molecule has 0 aliphatic carbocycles. The molecule has 43 heavy (non-hydrogen) atoms. The summed E-state index contributed by atoms with van der Waals surface area (Å²) in [5, 5.41) is 5.10. The van der Waals surface area contributed by atoms with Gasteiger partial charge in [-0.05, 0) is 77.7 Å². The van der Waals surface area contributed by atoms with Gasteiger partial charge in [-0.1, -0.05) is 84.9 Å². The first kappa shape index (κ1) is 24.5. The number of rotatable bonds is 4. The Labute approximate surface area is 250 Å². The SMILES string of the molecule is c1cc(-c2ccc3c(c2)c2ccccc2n3-c2ccc(C3CCOC3)cc2)cc(-n2c3ccccc3c3ccccc32)c1. The van der Waals surface area contributed by atoms with Crippen LogP contribution in [-0.4, -0.2) is 22.3 Å². The maximum absolute atomic E-state index is 5.64. The molecule has 6 aromatic carbocycles. The largest absolute Gasteiger partial charge is 0.381 e. The van der Waals surface area contributed by atoms with Crippen molar-refractivity contribution >= 4 is 43.6 Å². The van der Waals surface area contributed by atoms with Gasteiger partial charge in [0.1, 0.15) is 0 Å². The van der Waals surface area contributed by atoms with Gasteiger partial charge in [0.2, 0.25) is 0 Å². The molecule has 9 rings (SSSR count). The van der Waals surface area contributed by atoms with Crippen LogP contribution < -0.4 is 0 Å². The molecule has 1 unspecified atom stereocenters. The Morgan fingerprint density at radius 2 is 1.05 bits per heavy atom. The molecular weight excluding hydrogens is 524 g/mol. The second-order valence-corrected chi connectivity index (χ2v) is 11.7. The summed E-state index contributed by atoms with van der Waals surface area (Å²) in [5.74, 6) is 0.507. The van der Waals surface area contributed by atoms with Gasteiger partial charge in [0.05, 0.1) is 28.7 Å². The van der Waals surface area contributed by atoms with E-state index in [2.05, 4.69) is 149 Å². The van der Waals surface area contributed by atoms with Gasteiger partial charge >= 0.3 is 0 Å². The van der Waals surface area contributed by atoms with Gasteiger partial charge < -0.3 is 13.9 Å². The van der Waals surface area contributed by atoms with Crippen LogP contribution >= 0.6 is 0 Å². The van der Waals surface area contributed by atoms with E-state index in [-0.39, 0.29) is 0 Å². The second-order valence-electron chi connectivity index (χ2n) is 11.7. The third-order valence-corrected chi connectivity index (χ3v) is 9.24. The van der Waals surface area contributed by atoms with Crippen molar-refractivity contribution in [1.29, 1.82) is 0 Å². The molecule has 0 bridgehead atoms. The normalized spacial score (nSPS) is 15.3. The number of ether oxygens (including phenoxy) is 1. The van der Waals surface area contributed by atoms with Crippen molar-refractivity contribution in [1.82, 2.24) is 9.13 Å². The van der Waals surface area contributed by atoms with Gasteiger partial charge in [0, 0.05) is 45.4 Å². The lowest BCUT2D eigenvalue weighted by Crippen LogP contribution is -1.99. The monoisotopic (exact) mass is 554 g/mol. The van der Waals surface area contributed by atoms with Crippen LogP contribution in [0.4, 0.5) is 0 Å². The minimum Gasteiger partial charge on any atom is -0.381 e. The van der Waals surface area contributed by atoms with Gasteiger partial charge in [0.25, 0.3) is 0 Å². The summed E-state index contributed by atoms with van der Waals surface area (Å²) in [5.41, 5.74) is 11.1. The summed E-state index contributed by atoms with van der Waals surface area (Å²) in [4.78, 5) is 0. The average Bonchev–Trinajstić information content (AvgIpc) is 3.80. The van der Waals surface area contributed by atoms with Gasteiger partial charge in [-0.25, -0.2) is 0 Å². The smallest absolute Gasteiger partial charge is 0.0541 e. The highest BCUT2D eigenvalue weighted by Gasteiger charge is 2.19. The van der Waals surface area contributed by atoms with Crippen LogP contribution in [0.3, 0.4) is 0 Å². The first-order valence-electron chi connectivity index (χ1n) is 15.1. The Hall–Kier alpha value is -5.12. The maximum Gasteiger partial charge on any atom is 0.0541 e. The van der Waals surface area contributed by atoms with Crippen LogP contribution in [0.15, 0.2) is 140 Å². The molecule has 1 aliphatic heterocycles. The van der Waals surface area contributed by atoms with Gasteiger partial charge in [-0.2, -0.15) is 0 Å². The lowest BCUT2D eigenvalue weighted by Gasteiger charge is -2.12. The van der Waals surface area contributed by atoms with Gasteiger partial charge in [-0.3, -0.25) is 0 Å². The number of para-hydroxylation sites is 3. The minimum atomic E-state index is 0.507. The highest BCUT2D eigenvalue weighted by molar-refractivity contribution is 6.11. The summed E-state index contributed by atoms with van der Waals surface area (Å²) >= 11 is 0. The second kappa shape index (κ2) is 9.72. The number of benzene rings is 6. The van der Waals surface area contributed by atoms with E-state index in [9.17, 15) is 0 Å². The number of hydrogen-bond donors (Lipinski definition) is 0. The van der Waals surface area contributed by atoms with E-state index in [1.165, 1.54) is 71.7 Å². The molecule has 0 saturated carbocycles. The van der Waals surface area contributed by atoms with Crippen LogP contribution in [-0.2, 0) is 4.74 Å². The fourth-order valence-electron chi connectivity index (χ4n) is 7.15. The molecule has 3 heteroatoms. The Kier molecular flexibility index (Phi) is 5.53. The van der Waals surface area contributed by atoms with Crippen molar-refractivity contribution in [2.24, 2.45) is 0 Å². The quantitative estimate of drug-likeness (QED) is 0.212. The summed E-state index contributed by atoms with van der Waals surface area (Å²) in [6.45, 7) is 1.69. The Bertz CT molecular complexity index is 2250. The number of nitrogens with zero attached hydrogens (tertiary/aromatic N) is 2. The van der Waals surface area contributed by atoms with E-state index in [0.717, 1.165) is 19.6 Å². The van der Waals surface area contributed by atoms with E-state index >= 15 is 0 Å². The molecule has 0 spiro atoms. The molecule has 2 aromatic heterocycles. The van der Waals surface area contributed by atoms with Crippen molar-refractivity contribution < 1.29 is 4.74 Å². The van der Waals surface area contributed by atoms with Crippen LogP contribution in [0.5, 0.6) is 0 Å². The zero-order valence-electron chi connectivity index (χ0n) is 23.8. The Morgan fingerprint density at radius 3 is 1.70 bits per heavy atom. The maximum atomic E-state index is 5.64. The zero-order valence-corrected chi connectivity index (χ0v) is 23.8. The highest BCUT2D eigenvalue weighted by Crippen LogP contribution is 2.37. The number of hydrogen-bond acceptors (Lipinski definition) is 1. The van der Waals surface area contributed by atoms with Crippen molar-refractivity contribution in [3.8, 4) is 22.5 Å². The van der Waals surface area contributed by atoms with Crippen LogP contribution in [0, 0.1) is 0 Å². The van der Waals surface area contributed by atoms with Crippen molar-refractivity contribution in [2.75, 3.05) is 13.2 Å². The predicted octanol–water partition coefficient (Wildman–Crippen LogP) is 10.1. The molecule has 0 amide bonds. The fraction of sp³-hybridized carbons (Fsp3) is 0.100. The van der Waals surface area contributed by atoms with E-state index in [1.54, 1.807) is 0 Å². The number of fused-ring (bicyclic) bond motifs is 6. The van der Waals surface area contributed by atoms with Crippen LogP contribution in [0.25, 0.3) is 66.1 Å². The third-order valence-electron chi connectivity index (χ3n) is 9.24. The van der Waals surface area contributed by atoms with E-state index in [4.69, 9.17) is 4.74 Å². The topological polar surface area (TPSA) is 19.1 Å². The molecule has 3 heterocycles. The molecule has 1 atom stereocenters. The molecule has 206 valence electrons. The zero-order chi connectivity index (χ0) is 28.3. The van der Waals surface area contributed by atoms with E-state index < -0.39 is 0 Å². The number of aromatic nitrogens is 2. The minimum absolute atomic E-state index is 0.507. The first-order valence-corrected chi connectivity index (χ1v) is 15.1. The predicted molar refractivity (Wildman–Crippen MR) is 179 cm³/mol. The Morgan fingerprint density at radius 1 is 0.465 bits per heavy atom. The first-order chi connectivity index (χ1) is 21.3. The summed E-state index contributed by atoms with van der Waals surface area (Å²) < 4.78 is 10.4. The lowest BCUT2D eigenvalue weighted by atomic mass is 9.98. The summed E-state index contributed by atoms with van der Waals surface area (Å²) in [6.07, 6.45) is 1.11. The van der Waals surface area contributed by atoms with Gasteiger partial charge in [-0.15, -0.1) is 0 Å². The van der Waals surface area contributed by atoms with Crippen LogP contribution in [0.2, 0.25) is 0 Å². The molecular formula is C40H30N2O. The Balaban J connectivity index is 1.18. The van der Waals surface area contributed by atoms with E-state index in [0.29, 0.717) is 5.92 Å². The highest BCUT2D eigenvalue weighted by atomic mass is 16.5. The molecule has 0 N–H and O–H groups in total. The van der Waals surface area contributed by atoms with Gasteiger partial charge in [0.15, 0.2) is 0 Å². The third kappa shape index (κ3) is 3.86. The van der Waals surface area contributed by atoms with Crippen molar-refractivity contribution in [3.05, 3.63) is 145 Å². The molecule has 1 saturated heterocycles. The fourth-order valence-corrected chi connectivity index (χ4v) is 7.15. The standard InChI is InChI=1S/C40H30N2O/c1-4-13-37-33(10-1)34-11-2-5-14-38(34)42(37)32-9-7-8-28(24-32)29-18-21-40-36(25-29)35-12-3-6-15-39(35)41(40)31-19-16-27(17-20-31)30-22-23-43-26-30/h1-21,24-25,30H,22-23,26H2. The molecule has 1 aliphatic rings.